The number of esters is 1. The Hall–Kier alpha value is -4.19. The van der Waals surface area contributed by atoms with Crippen molar-refractivity contribution in [2.75, 3.05) is 20.8 Å². The van der Waals surface area contributed by atoms with E-state index in [2.05, 4.69) is 16.0 Å². The summed E-state index contributed by atoms with van der Waals surface area (Å²) >= 11 is 0. The maximum absolute atomic E-state index is 12.7. The molecule has 1 aromatic carbocycles. The fraction of sp³-hybridized carbons (Fsp3) is 0.190. The minimum Gasteiger partial charge on any atom is -0.493 e. The Labute approximate surface area is 172 Å². The molecule has 0 atom stereocenters. The summed E-state index contributed by atoms with van der Waals surface area (Å²) in [4.78, 5) is 37.5. The molecule has 0 radical (unpaired) electrons. The number of rotatable bonds is 7. The molecule has 2 aromatic rings. The lowest BCUT2D eigenvalue weighted by atomic mass is 10.1. The van der Waals surface area contributed by atoms with E-state index in [1.54, 1.807) is 18.2 Å². The second-order valence-electron chi connectivity index (χ2n) is 6.01. The van der Waals surface area contributed by atoms with Crippen LogP contribution in [0.2, 0.25) is 0 Å². The monoisotopic (exact) mass is 410 g/mol. The van der Waals surface area contributed by atoms with Gasteiger partial charge < -0.3 is 23.9 Å². The molecule has 0 saturated carbocycles. The molecule has 0 unspecified atom stereocenters. The fourth-order valence-corrected chi connectivity index (χ4v) is 2.78. The van der Waals surface area contributed by atoms with Gasteiger partial charge in [-0.1, -0.05) is 18.1 Å². The van der Waals surface area contributed by atoms with Crippen LogP contribution in [-0.2, 0) is 16.1 Å². The molecular formula is C21H18N2O7. The molecule has 30 heavy (non-hydrogen) atoms. The first-order valence-corrected chi connectivity index (χ1v) is 8.73. The zero-order valence-electron chi connectivity index (χ0n) is 16.3. The van der Waals surface area contributed by atoms with Crippen LogP contribution in [0.3, 0.4) is 0 Å². The molecule has 1 fully saturated rings. The van der Waals surface area contributed by atoms with Crippen molar-refractivity contribution in [3.05, 3.63) is 53.1 Å². The number of amides is 3. The summed E-state index contributed by atoms with van der Waals surface area (Å²) < 4.78 is 20.7. The zero-order chi connectivity index (χ0) is 21.7. The van der Waals surface area contributed by atoms with Crippen molar-refractivity contribution in [1.29, 1.82) is 0 Å². The minimum absolute atomic E-state index is 0.00397. The smallest absolute Gasteiger partial charge is 0.373 e. The number of nitrogens with one attached hydrogen (secondary N) is 1. The molecule has 9 nitrogen and oxygen atoms in total. The molecule has 0 spiro atoms. The third-order valence-electron chi connectivity index (χ3n) is 4.15. The number of carbonyl (C=O) groups excluding carboxylic acids is 3. The number of nitrogens with zero attached hydrogens (tertiary/aromatic N) is 1. The van der Waals surface area contributed by atoms with Gasteiger partial charge in [-0.3, -0.25) is 9.69 Å². The van der Waals surface area contributed by atoms with E-state index in [-0.39, 0.29) is 30.4 Å². The first kappa shape index (κ1) is 20.5. The van der Waals surface area contributed by atoms with Gasteiger partial charge in [0.05, 0.1) is 20.8 Å². The van der Waals surface area contributed by atoms with Gasteiger partial charge >= 0.3 is 12.0 Å². The average molecular weight is 410 g/mol. The molecule has 3 amide bonds. The molecule has 1 N–H and O–H groups in total. The Morgan fingerprint density at radius 1 is 1.27 bits per heavy atom. The van der Waals surface area contributed by atoms with Gasteiger partial charge in [-0.05, 0) is 24.3 Å². The first-order chi connectivity index (χ1) is 14.5. The van der Waals surface area contributed by atoms with Crippen LogP contribution in [0.4, 0.5) is 4.79 Å². The van der Waals surface area contributed by atoms with Crippen LogP contribution in [-0.4, -0.2) is 43.6 Å². The number of hydrogen-bond acceptors (Lipinski definition) is 7. The van der Waals surface area contributed by atoms with Gasteiger partial charge in [0.25, 0.3) is 5.91 Å². The second-order valence-corrected chi connectivity index (χ2v) is 6.01. The van der Waals surface area contributed by atoms with Crippen LogP contribution < -0.4 is 14.8 Å². The van der Waals surface area contributed by atoms with Gasteiger partial charge in [-0.25, -0.2) is 9.59 Å². The molecule has 1 aliphatic rings. The van der Waals surface area contributed by atoms with Crippen LogP contribution in [0.1, 0.15) is 21.9 Å². The largest absolute Gasteiger partial charge is 0.493 e. The summed E-state index contributed by atoms with van der Waals surface area (Å²) in [6, 6.07) is 7.36. The zero-order valence-corrected chi connectivity index (χ0v) is 16.3. The molecule has 0 aliphatic carbocycles. The Morgan fingerprint density at radius 2 is 2.07 bits per heavy atom. The Balaban J connectivity index is 1.84. The number of carbonyl (C=O) groups is 3. The van der Waals surface area contributed by atoms with Crippen molar-refractivity contribution in [2.45, 2.75) is 6.54 Å². The molecular weight excluding hydrogens is 392 g/mol. The summed E-state index contributed by atoms with van der Waals surface area (Å²) in [5.41, 5.74) is 0.541. The number of hydrogen-bond donors (Lipinski definition) is 1. The predicted molar refractivity (Wildman–Crippen MR) is 104 cm³/mol. The SMILES string of the molecule is C#CCOc1c(/C=C2/NC(=O)N(Cc3ccc(C(=O)OC)o3)C2=O)cccc1OC. The van der Waals surface area contributed by atoms with Crippen molar-refractivity contribution in [2.24, 2.45) is 0 Å². The number of para-hydroxylation sites is 1. The third kappa shape index (κ3) is 4.12. The van der Waals surface area contributed by atoms with Crippen molar-refractivity contribution < 1.29 is 33.0 Å². The summed E-state index contributed by atoms with van der Waals surface area (Å²) in [5, 5.41) is 2.51. The highest BCUT2D eigenvalue weighted by molar-refractivity contribution is 6.14. The van der Waals surface area contributed by atoms with Crippen LogP contribution in [0.15, 0.2) is 40.4 Å². The van der Waals surface area contributed by atoms with E-state index >= 15 is 0 Å². The molecule has 154 valence electrons. The van der Waals surface area contributed by atoms with E-state index in [1.807, 2.05) is 0 Å². The molecule has 1 saturated heterocycles. The molecule has 3 rings (SSSR count). The number of furan rings is 1. The number of terminal acetylenes is 1. The summed E-state index contributed by atoms with van der Waals surface area (Å²) in [6.45, 7) is -0.151. The second kappa shape index (κ2) is 8.87. The van der Waals surface area contributed by atoms with E-state index in [0.29, 0.717) is 17.1 Å². The Morgan fingerprint density at radius 3 is 2.77 bits per heavy atom. The van der Waals surface area contributed by atoms with E-state index in [9.17, 15) is 14.4 Å². The van der Waals surface area contributed by atoms with E-state index in [0.717, 1.165) is 4.90 Å². The maximum Gasteiger partial charge on any atom is 0.373 e. The van der Waals surface area contributed by atoms with Gasteiger partial charge in [0.1, 0.15) is 18.1 Å². The Kier molecular flexibility index (Phi) is 6.08. The molecule has 1 aromatic heterocycles. The highest BCUT2D eigenvalue weighted by Crippen LogP contribution is 2.33. The van der Waals surface area contributed by atoms with Crippen molar-refractivity contribution in [3.8, 4) is 23.8 Å². The number of urea groups is 1. The van der Waals surface area contributed by atoms with Gasteiger partial charge in [0.15, 0.2) is 11.5 Å². The molecule has 1 aliphatic heterocycles. The van der Waals surface area contributed by atoms with Gasteiger partial charge in [-0.15, -0.1) is 6.42 Å². The topological polar surface area (TPSA) is 107 Å². The van der Waals surface area contributed by atoms with E-state index in [1.165, 1.54) is 32.4 Å². The highest BCUT2D eigenvalue weighted by atomic mass is 16.5. The summed E-state index contributed by atoms with van der Waals surface area (Å²) in [6.07, 6.45) is 6.72. The third-order valence-corrected chi connectivity index (χ3v) is 4.15. The normalized spacial score (nSPS) is 14.4. The number of ether oxygens (including phenoxy) is 3. The average Bonchev–Trinajstić information content (AvgIpc) is 3.32. The quantitative estimate of drug-likeness (QED) is 0.323. The molecule has 0 bridgehead atoms. The lowest BCUT2D eigenvalue weighted by molar-refractivity contribution is -0.123. The van der Waals surface area contributed by atoms with Gasteiger partial charge in [0.2, 0.25) is 5.76 Å². The Bertz CT molecular complexity index is 1060. The molecule has 9 heteroatoms. The maximum atomic E-state index is 12.7. The minimum atomic E-state index is -0.656. The van der Waals surface area contributed by atoms with E-state index < -0.39 is 17.9 Å². The summed E-state index contributed by atoms with van der Waals surface area (Å²) in [5.74, 6) is 2.14. The van der Waals surface area contributed by atoms with Crippen LogP contribution in [0, 0.1) is 12.3 Å². The fourth-order valence-electron chi connectivity index (χ4n) is 2.78. The summed E-state index contributed by atoms with van der Waals surface area (Å²) in [7, 11) is 2.70. The lowest BCUT2D eigenvalue weighted by Crippen LogP contribution is -2.30. The predicted octanol–water partition coefficient (Wildman–Crippen LogP) is 2.18. The van der Waals surface area contributed by atoms with Gasteiger partial charge in [-0.2, -0.15) is 0 Å². The number of methoxy groups -OCH3 is 2. The van der Waals surface area contributed by atoms with Gasteiger partial charge in [0, 0.05) is 5.56 Å². The van der Waals surface area contributed by atoms with Crippen molar-refractivity contribution in [3.63, 3.8) is 0 Å². The van der Waals surface area contributed by atoms with Crippen molar-refractivity contribution in [1.82, 2.24) is 10.2 Å². The number of imide groups is 1. The van der Waals surface area contributed by atoms with Crippen LogP contribution >= 0.6 is 0 Å². The standard InChI is InChI=1S/C21H18N2O7/c1-4-10-29-18-13(6-5-7-16(18)27-2)11-15-19(24)23(21(26)22-15)12-14-8-9-17(30-14)20(25)28-3/h1,5-9,11H,10,12H2,2-3H3,(H,22,26)/b15-11+. The highest BCUT2D eigenvalue weighted by Gasteiger charge is 2.34. The van der Waals surface area contributed by atoms with E-state index in [4.69, 9.17) is 20.3 Å². The number of benzene rings is 1. The first-order valence-electron chi connectivity index (χ1n) is 8.73. The van der Waals surface area contributed by atoms with Crippen LogP contribution in [0.25, 0.3) is 6.08 Å². The van der Waals surface area contributed by atoms with Crippen LogP contribution in [0.5, 0.6) is 11.5 Å². The lowest BCUT2D eigenvalue weighted by Gasteiger charge is -2.12. The molecule has 2 heterocycles. The van der Waals surface area contributed by atoms with Crippen molar-refractivity contribution >= 4 is 24.0 Å².